The fourth-order valence-corrected chi connectivity index (χ4v) is 1.76. The minimum Gasteiger partial charge on any atom is -0.378 e. The molecule has 8 nitrogen and oxygen atoms in total. The fourth-order valence-electron chi connectivity index (χ4n) is 1.76. The highest BCUT2D eigenvalue weighted by atomic mass is 16.1. The van der Waals surface area contributed by atoms with Crippen molar-refractivity contribution in [1.29, 1.82) is 0 Å². The van der Waals surface area contributed by atoms with Crippen LogP contribution in [-0.2, 0) is 7.05 Å². The molecule has 0 aromatic carbocycles. The molecular weight excluding hydrogens is 258 g/mol. The van der Waals surface area contributed by atoms with Gasteiger partial charge in [0.25, 0.3) is 5.91 Å². The van der Waals surface area contributed by atoms with Crippen molar-refractivity contribution in [1.82, 2.24) is 30.5 Å². The molecule has 2 aromatic heterocycles. The number of tetrazole rings is 1. The third-order valence-corrected chi connectivity index (χ3v) is 2.88. The summed E-state index contributed by atoms with van der Waals surface area (Å²) in [5.74, 6) is 0.325. The van der Waals surface area contributed by atoms with Crippen molar-refractivity contribution >= 4 is 11.6 Å². The van der Waals surface area contributed by atoms with Crippen LogP contribution in [0.5, 0.6) is 0 Å². The number of nitrogens with one attached hydrogen (secondary N) is 1. The molecule has 20 heavy (non-hydrogen) atoms. The summed E-state index contributed by atoms with van der Waals surface area (Å²) in [4.78, 5) is 18.2. The highest BCUT2D eigenvalue weighted by Gasteiger charge is 2.17. The Morgan fingerprint density at radius 3 is 2.80 bits per heavy atom. The molecular formula is C12H17N7O. The van der Waals surface area contributed by atoms with Crippen LogP contribution in [0.1, 0.15) is 29.3 Å². The van der Waals surface area contributed by atoms with Gasteiger partial charge in [-0.15, -0.1) is 5.10 Å². The molecule has 1 atom stereocenters. The predicted molar refractivity (Wildman–Crippen MR) is 73.2 cm³/mol. The van der Waals surface area contributed by atoms with E-state index in [-0.39, 0.29) is 11.9 Å². The Morgan fingerprint density at radius 2 is 2.20 bits per heavy atom. The Morgan fingerprint density at radius 1 is 1.45 bits per heavy atom. The predicted octanol–water partition coefficient (Wildman–Crippen LogP) is 0.162. The maximum atomic E-state index is 12.2. The minimum atomic E-state index is -0.299. The van der Waals surface area contributed by atoms with Gasteiger partial charge in [-0.25, -0.2) is 4.68 Å². The van der Waals surface area contributed by atoms with Crippen LogP contribution in [0.2, 0.25) is 0 Å². The van der Waals surface area contributed by atoms with E-state index < -0.39 is 0 Å². The van der Waals surface area contributed by atoms with Gasteiger partial charge >= 0.3 is 0 Å². The molecule has 0 aliphatic heterocycles. The average Bonchev–Trinajstić information content (AvgIpc) is 2.85. The zero-order valence-corrected chi connectivity index (χ0v) is 11.9. The summed E-state index contributed by atoms with van der Waals surface area (Å²) in [5, 5.41) is 14.0. The average molecular weight is 275 g/mol. The van der Waals surface area contributed by atoms with Crippen LogP contribution in [0.25, 0.3) is 0 Å². The molecule has 2 rings (SSSR count). The quantitative estimate of drug-likeness (QED) is 0.855. The first-order valence-electron chi connectivity index (χ1n) is 6.15. The third kappa shape index (κ3) is 2.90. The molecule has 0 unspecified atom stereocenters. The molecule has 2 heterocycles. The van der Waals surface area contributed by atoms with Crippen LogP contribution in [0.4, 0.5) is 5.69 Å². The zero-order valence-electron chi connectivity index (χ0n) is 11.9. The van der Waals surface area contributed by atoms with E-state index in [0.29, 0.717) is 11.5 Å². The first kappa shape index (κ1) is 13.9. The Balaban J connectivity index is 2.12. The summed E-state index contributed by atoms with van der Waals surface area (Å²) < 4.78 is 1.52. The van der Waals surface area contributed by atoms with Gasteiger partial charge in [-0.2, -0.15) is 0 Å². The lowest BCUT2D eigenvalue weighted by Crippen LogP contribution is -2.29. The van der Waals surface area contributed by atoms with Crippen molar-refractivity contribution in [3.8, 4) is 0 Å². The van der Waals surface area contributed by atoms with Crippen LogP contribution in [0, 0.1) is 0 Å². The van der Waals surface area contributed by atoms with Crippen molar-refractivity contribution in [3.05, 3.63) is 29.8 Å². The number of nitrogens with zero attached hydrogens (tertiary/aromatic N) is 6. The van der Waals surface area contributed by atoms with Crippen LogP contribution in [0.3, 0.4) is 0 Å². The van der Waals surface area contributed by atoms with E-state index in [4.69, 9.17) is 0 Å². The summed E-state index contributed by atoms with van der Waals surface area (Å²) in [5.41, 5.74) is 1.27. The van der Waals surface area contributed by atoms with E-state index in [0.717, 1.165) is 5.69 Å². The lowest BCUT2D eigenvalue weighted by atomic mass is 10.2. The van der Waals surface area contributed by atoms with E-state index in [1.54, 1.807) is 19.3 Å². The van der Waals surface area contributed by atoms with E-state index >= 15 is 0 Å². The Hall–Kier alpha value is -2.51. The van der Waals surface area contributed by atoms with E-state index in [1.807, 2.05) is 32.0 Å². The summed E-state index contributed by atoms with van der Waals surface area (Å²) >= 11 is 0. The first-order chi connectivity index (χ1) is 9.49. The summed E-state index contributed by atoms with van der Waals surface area (Å²) in [7, 11) is 5.54. The number of carbonyl (C=O) groups is 1. The number of pyridine rings is 1. The number of aryl methyl sites for hydroxylation is 1. The van der Waals surface area contributed by atoms with Crippen LogP contribution >= 0.6 is 0 Å². The molecule has 2 aromatic rings. The molecule has 1 N–H and O–H groups in total. The molecule has 0 saturated carbocycles. The van der Waals surface area contributed by atoms with Gasteiger partial charge in [0.15, 0.2) is 5.82 Å². The van der Waals surface area contributed by atoms with Gasteiger partial charge < -0.3 is 10.2 Å². The standard InChI is InChI=1S/C12H17N7O/c1-8(11-15-16-17-19(11)4)14-12(20)10-7-9(18(2)3)5-6-13-10/h5-8H,1-4H3,(H,14,20)/t8-/m0/s1. The molecule has 1 amide bonds. The SMILES string of the molecule is C[C@H](NC(=O)c1cc(N(C)C)ccn1)c1nnnn1C. The molecule has 0 bridgehead atoms. The summed E-state index contributed by atoms with van der Waals surface area (Å²) in [6.07, 6.45) is 1.61. The smallest absolute Gasteiger partial charge is 0.270 e. The Bertz CT molecular complexity index is 607. The third-order valence-electron chi connectivity index (χ3n) is 2.88. The van der Waals surface area contributed by atoms with Crippen LogP contribution < -0.4 is 10.2 Å². The molecule has 8 heteroatoms. The van der Waals surface area contributed by atoms with Crippen molar-refractivity contribution in [3.63, 3.8) is 0 Å². The Labute approximate surface area is 116 Å². The molecule has 0 aliphatic carbocycles. The maximum absolute atomic E-state index is 12.2. The van der Waals surface area contributed by atoms with E-state index in [9.17, 15) is 4.79 Å². The number of carbonyl (C=O) groups excluding carboxylic acids is 1. The highest BCUT2D eigenvalue weighted by molar-refractivity contribution is 5.93. The lowest BCUT2D eigenvalue weighted by Gasteiger charge is -2.14. The number of hydrogen-bond donors (Lipinski definition) is 1. The number of hydrogen-bond acceptors (Lipinski definition) is 6. The zero-order chi connectivity index (χ0) is 14.7. The first-order valence-corrected chi connectivity index (χ1v) is 6.15. The van der Waals surface area contributed by atoms with Crippen molar-refractivity contribution in [2.75, 3.05) is 19.0 Å². The number of aromatic nitrogens is 5. The topological polar surface area (TPSA) is 88.8 Å². The van der Waals surface area contributed by atoms with Crippen molar-refractivity contribution < 1.29 is 4.79 Å². The second kappa shape index (κ2) is 5.64. The number of amides is 1. The van der Waals surface area contributed by atoms with Crippen LogP contribution in [-0.4, -0.2) is 45.2 Å². The molecule has 0 aliphatic rings. The molecule has 0 spiro atoms. The Kier molecular flexibility index (Phi) is 3.92. The summed E-state index contributed by atoms with van der Waals surface area (Å²) in [6, 6.07) is 3.27. The minimum absolute atomic E-state index is 0.260. The fraction of sp³-hybridized carbons (Fsp3) is 0.417. The van der Waals surface area contributed by atoms with Gasteiger partial charge in [-0.3, -0.25) is 9.78 Å². The van der Waals surface area contributed by atoms with Gasteiger partial charge in [0, 0.05) is 33.0 Å². The highest BCUT2D eigenvalue weighted by Crippen LogP contribution is 2.12. The second-order valence-electron chi connectivity index (χ2n) is 4.65. The number of anilines is 1. The monoisotopic (exact) mass is 275 g/mol. The van der Waals surface area contributed by atoms with Gasteiger partial charge in [-0.05, 0) is 29.5 Å². The molecule has 0 fully saturated rings. The van der Waals surface area contributed by atoms with Gasteiger partial charge in [-0.1, -0.05) is 0 Å². The molecule has 0 radical (unpaired) electrons. The molecule has 106 valence electrons. The number of rotatable bonds is 4. The molecule has 0 saturated heterocycles. The van der Waals surface area contributed by atoms with E-state index in [2.05, 4.69) is 25.8 Å². The maximum Gasteiger partial charge on any atom is 0.270 e. The normalized spacial score (nSPS) is 12.0. The largest absolute Gasteiger partial charge is 0.378 e. The van der Waals surface area contributed by atoms with Gasteiger partial charge in [0.1, 0.15) is 5.69 Å². The van der Waals surface area contributed by atoms with E-state index in [1.165, 1.54) is 4.68 Å². The van der Waals surface area contributed by atoms with Crippen molar-refractivity contribution in [2.45, 2.75) is 13.0 Å². The van der Waals surface area contributed by atoms with Gasteiger partial charge in [0.05, 0.1) is 6.04 Å². The van der Waals surface area contributed by atoms with Crippen LogP contribution in [0.15, 0.2) is 18.3 Å². The summed E-state index contributed by atoms with van der Waals surface area (Å²) in [6.45, 7) is 1.82. The van der Waals surface area contributed by atoms with Crippen molar-refractivity contribution in [2.24, 2.45) is 7.05 Å². The second-order valence-corrected chi connectivity index (χ2v) is 4.65. The lowest BCUT2D eigenvalue weighted by molar-refractivity contribution is 0.0932. The van der Waals surface area contributed by atoms with Gasteiger partial charge in [0.2, 0.25) is 0 Å².